The van der Waals surface area contributed by atoms with Crippen molar-refractivity contribution in [2.24, 2.45) is 0 Å². The molecule has 1 fully saturated rings. The van der Waals surface area contributed by atoms with Crippen LogP contribution in [0, 0.1) is 0 Å². The molecule has 1 saturated heterocycles. The summed E-state index contributed by atoms with van der Waals surface area (Å²) in [5.41, 5.74) is 4.30. The van der Waals surface area contributed by atoms with Crippen LogP contribution < -0.4 is 4.90 Å². The smallest absolute Gasteiger partial charge is 0.223 e. The van der Waals surface area contributed by atoms with Gasteiger partial charge in [0.1, 0.15) is 0 Å². The van der Waals surface area contributed by atoms with Crippen LogP contribution >= 0.6 is 0 Å². The highest BCUT2D eigenvalue weighted by atomic mass is 16.2. The van der Waals surface area contributed by atoms with Gasteiger partial charge in [0.05, 0.1) is 0 Å². The summed E-state index contributed by atoms with van der Waals surface area (Å²) < 4.78 is 0. The Morgan fingerprint density at radius 2 is 1.35 bits per heavy atom. The predicted molar refractivity (Wildman–Crippen MR) is 120 cm³/mol. The fourth-order valence-corrected chi connectivity index (χ4v) is 4.36. The molecule has 0 bridgehead atoms. The van der Waals surface area contributed by atoms with Crippen LogP contribution in [0.1, 0.15) is 41.3 Å². The lowest BCUT2D eigenvalue weighted by molar-refractivity contribution is -0.137. The van der Waals surface area contributed by atoms with Gasteiger partial charge in [-0.3, -0.25) is 14.4 Å². The lowest BCUT2D eigenvalue weighted by atomic mass is 9.99. The van der Waals surface area contributed by atoms with E-state index in [1.54, 1.807) is 6.92 Å². The molecule has 4 rings (SSSR count). The van der Waals surface area contributed by atoms with Crippen LogP contribution in [-0.4, -0.2) is 60.1 Å². The second-order valence-electron chi connectivity index (χ2n) is 8.30. The first-order valence-corrected chi connectivity index (χ1v) is 11.0. The van der Waals surface area contributed by atoms with Crippen LogP contribution in [0.4, 0.5) is 5.69 Å². The molecule has 6 nitrogen and oxygen atoms in total. The molecule has 0 saturated carbocycles. The van der Waals surface area contributed by atoms with Gasteiger partial charge in [0.15, 0.2) is 5.78 Å². The molecule has 0 atom stereocenters. The predicted octanol–water partition coefficient (Wildman–Crippen LogP) is 2.90. The second-order valence-corrected chi connectivity index (χ2v) is 8.30. The fourth-order valence-electron chi connectivity index (χ4n) is 4.36. The third kappa shape index (κ3) is 4.95. The molecule has 0 N–H and O–H groups in total. The number of benzene rings is 2. The standard InChI is InChI=1S/C25H29N3O3/c1-19(29)20-6-8-23(9-7-20)26-14-16-27(17-15-26)24(30)10-11-25(31)28-13-12-21-4-2-3-5-22(21)18-28/h2-9H,10-18H2,1H3. The van der Waals surface area contributed by atoms with Gasteiger partial charge in [-0.2, -0.15) is 0 Å². The summed E-state index contributed by atoms with van der Waals surface area (Å²) in [6, 6.07) is 15.9. The minimum absolute atomic E-state index is 0.0531. The third-order valence-corrected chi connectivity index (χ3v) is 6.31. The van der Waals surface area contributed by atoms with Gasteiger partial charge in [0, 0.05) is 63.4 Å². The Morgan fingerprint density at radius 1 is 0.742 bits per heavy atom. The molecule has 0 aromatic heterocycles. The monoisotopic (exact) mass is 419 g/mol. The van der Waals surface area contributed by atoms with Crippen LogP contribution in [0.3, 0.4) is 0 Å². The molecular formula is C25H29N3O3. The maximum atomic E-state index is 12.6. The number of Topliss-reactive ketones (excluding diaryl/α,β-unsaturated/α-hetero) is 1. The average molecular weight is 420 g/mol. The van der Waals surface area contributed by atoms with E-state index < -0.39 is 0 Å². The van der Waals surface area contributed by atoms with Crippen molar-refractivity contribution >= 4 is 23.3 Å². The van der Waals surface area contributed by atoms with E-state index in [9.17, 15) is 14.4 Å². The maximum absolute atomic E-state index is 12.6. The minimum atomic E-state index is 0.0531. The van der Waals surface area contributed by atoms with Crippen LogP contribution in [0.15, 0.2) is 48.5 Å². The van der Waals surface area contributed by atoms with Crippen molar-refractivity contribution in [3.63, 3.8) is 0 Å². The molecular weight excluding hydrogens is 390 g/mol. The van der Waals surface area contributed by atoms with Crippen molar-refractivity contribution < 1.29 is 14.4 Å². The average Bonchev–Trinajstić information content (AvgIpc) is 2.82. The molecule has 31 heavy (non-hydrogen) atoms. The number of piperazine rings is 1. The molecule has 0 unspecified atom stereocenters. The van der Waals surface area contributed by atoms with Crippen molar-refractivity contribution in [2.45, 2.75) is 32.7 Å². The molecule has 2 heterocycles. The molecule has 2 aliphatic heterocycles. The van der Waals surface area contributed by atoms with E-state index in [-0.39, 0.29) is 30.4 Å². The normalized spacial score (nSPS) is 16.1. The van der Waals surface area contributed by atoms with Gasteiger partial charge < -0.3 is 14.7 Å². The highest BCUT2D eigenvalue weighted by Gasteiger charge is 2.24. The number of nitrogens with zero attached hydrogens (tertiary/aromatic N) is 3. The van der Waals surface area contributed by atoms with Crippen LogP contribution in [0.25, 0.3) is 0 Å². The van der Waals surface area contributed by atoms with E-state index in [4.69, 9.17) is 0 Å². The van der Waals surface area contributed by atoms with E-state index in [0.29, 0.717) is 25.2 Å². The lowest BCUT2D eigenvalue weighted by Crippen LogP contribution is -2.49. The Morgan fingerprint density at radius 3 is 2.00 bits per heavy atom. The summed E-state index contributed by atoms with van der Waals surface area (Å²) in [7, 11) is 0. The van der Waals surface area contributed by atoms with Crippen molar-refractivity contribution in [1.82, 2.24) is 9.80 Å². The Bertz CT molecular complexity index is 962. The minimum Gasteiger partial charge on any atom is -0.368 e. The van der Waals surface area contributed by atoms with E-state index in [1.807, 2.05) is 46.2 Å². The van der Waals surface area contributed by atoms with Crippen molar-refractivity contribution in [2.75, 3.05) is 37.6 Å². The number of ketones is 1. The van der Waals surface area contributed by atoms with E-state index in [2.05, 4.69) is 17.0 Å². The first-order chi connectivity index (χ1) is 15.0. The van der Waals surface area contributed by atoms with Crippen molar-refractivity contribution in [3.8, 4) is 0 Å². The molecule has 2 aliphatic rings. The summed E-state index contributed by atoms with van der Waals surface area (Å²) in [6.45, 7) is 5.74. The number of carbonyl (C=O) groups excluding carboxylic acids is 3. The zero-order valence-corrected chi connectivity index (χ0v) is 18.0. The number of carbonyl (C=O) groups is 3. The highest BCUT2D eigenvalue weighted by Crippen LogP contribution is 2.20. The number of hydrogen-bond donors (Lipinski definition) is 0. The molecule has 0 spiro atoms. The van der Waals surface area contributed by atoms with Gasteiger partial charge in [-0.05, 0) is 48.7 Å². The van der Waals surface area contributed by atoms with Crippen LogP contribution in [0.5, 0.6) is 0 Å². The lowest BCUT2D eigenvalue weighted by Gasteiger charge is -2.36. The first kappa shape index (κ1) is 21.1. The van der Waals surface area contributed by atoms with Crippen molar-refractivity contribution in [1.29, 1.82) is 0 Å². The maximum Gasteiger partial charge on any atom is 0.223 e. The van der Waals surface area contributed by atoms with Gasteiger partial charge in [-0.1, -0.05) is 24.3 Å². The van der Waals surface area contributed by atoms with Gasteiger partial charge >= 0.3 is 0 Å². The van der Waals surface area contributed by atoms with Gasteiger partial charge in [0.25, 0.3) is 0 Å². The number of rotatable bonds is 5. The molecule has 162 valence electrons. The van der Waals surface area contributed by atoms with Crippen molar-refractivity contribution in [3.05, 3.63) is 65.2 Å². The highest BCUT2D eigenvalue weighted by molar-refractivity contribution is 5.94. The second kappa shape index (κ2) is 9.33. The molecule has 6 heteroatoms. The zero-order chi connectivity index (χ0) is 21.8. The van der Waals surface area contributed by atoms with Crippen LogP contribution in [0.2, 0.25) is 0 Å². The fraction of sp³-hybridized carbons (Fsp3) is 0.400. The first-order valence-electron chi connectivity index (χ1n) is 11.0. The van der Waals surface area contributed by atoms with E-state index in [1.165, 1.54) is 11.1 Å². The van der Waals surface area contributed by atoms with Gasteiger partial charge in [0.2, 0.25) is 11.8 Å². The quantitative estimate of drug-likeness (QED) is 0.700. The molecule has 0 radical (unpaired) electrons. The van der Waals surface area contributed by atoms with Gasteiger partial charge in [-0.25, -0.2) is 0 Å². The number of anilines is 1. The Kier molecular flexibility index (Phi) is 6.35. The number of hydrogen-bond acceptors (Lipinski definition) is 4. The van der Waals surface area contributed by atoms with E-state index in [0.717, 1.165) is 31.7 Å². The molecule has 2 aromatic rings. The summed E-state index contributed by atoms with van der Waals surface area (Å²) >= 11 is 0. The Balaban J connectivity index is 1.23. The Hall–Kier alpha value is -3.15. The summed E-state index contributed by atoms with van der Waals surface area (Å²) in [5.74, 6) is 0.176. The third-order valence-electron chi connectivity index (χ3n) is 6.31. The summed E-state index contributed by atoms with van der Waals surface area (Å²) in [5, 5.41) is 0. The van der Waals surface area contributed by atoms with E-state index >= 15 is 0 Å². The molecule has 2 amide bonds. The summed E-state index contributed by atoms with van der Waals surface area (Å²) in [6.07, 6.45) is 1.42. The zero-order valence-electron chi connectivity index (χ0n) is 18.0. The largest absolute Gasteiger partial charge is 0.368 e. The SMILES string of the molecule is CC(=O)c1ccc(N2CCN(C(=O)CCC(=O)N3CCc4ccccc4C3)CC2)cc1. The Labute approximate surface area is 183 Å². The molecule has 2 aromatic carbocycles. The molecule has 0 aliphatic carbocycles. The van der Waals surface area contributed by atoms with Gasteiger partial charge in [-0.15, -0.1) is 0 Å². The number of fused-ring (bicyclic) bond motifs is 1. The topological polar surface area (TPSA) is 60.9 Å². The summed E-state index contributed by atoms with van der Waals surface area (Å²) in [4.78, 5) is 42.7. The van der Waals surface area contributed by atoms with Crippen LogP contribution in [-0.2, 0) is 22.6 Å². The number of amides is 2.